The average molecular weight is 448 g/mol. The molecule has 2 aromatic carbocycles. The molecule has 1 heterocycles. The van der Waals surface area contributed by atoms with E-state index in [4.69, 9.17) is 0 Å². The monoisotopic (exact) mass is 447 g/mol. The summed E-state index contributed by atoms with van der Waals surface area (Å²) in [7, 11) is 0. The minimum atomic E-state index is -0.498. The summed E-state index contributed by atoms with van der Waals surface area (Å²) in [6.45, 7) is 7.85. The summed E-state index contributed by atoms with van der Waals surface area (Å²) in [6, 6.07) is 14.2. The Hall–Kier alpha value is -3.41. The van der Waals surface area contributed by atoms with E-state index in [1.807, 2.05) is 31.2 Å². The van der Waals surface area contributed by atoms with E-state index in [0.717, 1.165) is 42.9 Å². The van der Waals surface area contributed by atoms with Crippen molar-refractivity contribution in [1.82, 2.24) is 5.32 Å². The number of Topliss-reactive ketones (excluding diaryl/α,β-unsaturated/α-hetero) is 1. The fourth-order valence-electron chi connectivity index (χ4n) is 4.84. The van der Waals surface area contributed by atoms with E-state index in [1.54, 1.807) is 12.1 Å². The zero-order valence-corrected chi connectivity index (χ0v) is 19.4. The number of benzene rings is 2. The molecule has 5 nitrogen and oxygen atoms in total. The number of anilines is 2. The SMILES string of the molecule is CCN(CC)c1ccc([C@H]2C(C(=O)Nc3ccccc3F)=C(C)NC3=C2C(=O)CCC3)cc1. The number of nitrogens with zero attached hydrogens (tertiary/aromatic N) is 1. The summed E-state index contributed by atoms with van der Waals surface area (Å²) in [5, 5.41) is 6.02. The van der Waals surface area contributed by atoms with Crippen LogP contribution >= 0.6 is 0 Å². The Morgan fingerprint density at radius 2 is 1.79 bits per heavy atom. The van der Waals surface area contributed by atoms with Crippen molar-refractivity contribution in [2.45, 2.75) is 46.0 Å². The fraction of sp³-hybridized carbons (Fsp3) is 0.333. The van der Waals surface area contributed by atoms with Gasteiger partial charge in [-0.25, -0.2) is 4.39 Å². The van der Waals surface area contributed by atoms with Crippen molar-refractivity contribution in [3.8, 4) is 0 Å². The van der Waals surface area contributed by atoms with E-state index in [1.165, 1.54) is 12.1 Å². The molecule has 33 heavy (non-hydrogen) atoms. The molecule has 0 fully saturated rings. The molecule has 0 saturated carbocycles. The van der Waals surface area contributed by atoms with Gasteiger partial charge in [0.15, 0.2) is 5.78 Å². The predicted molar refractivity (Wildman–Crippen MR) is 129 cm³/mol. The highest BCUT2D eigenvalue weighted by Gasteiger charge is 2.38. The number of amides is 1. The highest BCUT2D eigenvalue weighted by Crippen LogP contribution is 2.42. The lowest BCUT2D eigenvalue weighted by molar-refractivity contribution is -0.116. The third-order valence-electron chi connectivity index (χ3n) is 6.50. The second kappa shape index (κ2) is 9.61. The molecule has 6 heteroatoms. The van der Waals surface area contributed by atoms with Gasteiger partial charge in [-0.15, -0.1) is 0 Å². The number of hydrogen-bond acceptors (Lipinski definition) is 4. The van der Waals surface area contributed by atoms with Crippen molar-refractivity contribution in [3.63, 3.8) is 0 Å². The Bertz CT molecular complexity index is 1130. The molecule has 0 radical (unpaired) electrons. The van der Waals surface area contributed by atoms with Crippen LogP contribution in [0.4, 0.5) is 15.8 Å². The molecule has 0 bridgehead atoms. The van der Waals surface area contributed by atoms with Gasteiger partial charge in [-0.05, 0) is 63.4 Å². The zero-order valence-electron chi connectivity index (χ0n) is 19.4. The van der Waals surface area contributed by atoms with Crippen molar-refractivity contribution in [1.29, 1.82) is 0 Å². The summed E-state index contributed by atoms with van der Waals surface area (Å²) in [5.41, 5.74) is 4.78. The number of nitrogens with one attached hydrogen (secondary N) is 2. The summed E-state index contributed by atoms with van der Waals surface area (Å²) in [5.74, 6) is -1.34. The smallest absolute Gasteiger partial charge is 0.254 e. The number of allylic oxidation sites excluding steroid dienone is 3. The minimum Gasteiger partial charge on any atom is -0.372 e. The molecule has 0 spiro atoms. The van der Waals surface area contributed by atoms with Gasteiger partial charge in [0.1, 0.15) is 5.82 Å². The molecule has 0 aromatic heterocycles. The maximum Gasteiger partial charge on any atom is 0.254 e. The van der Waals surface area contributed by atoms with Crippen LogP contribution < -0.4 is 15.5 Å². The van der Waals surface area contributed by atoms with Crippen molar-refractivity contribution in [2.24, 2.45) is 0 Å². The molecule has 4 rings (SSSR count). The van der Waals surface area contributed by atoms with E-state index in [9.17, 15) is 14.0 Å². The zero-order chi connectivity index (χ0) is 23.5. The first-order valence-corrected chi connectivity index (χ1v) is 11.6. The van der Waals surface area contributed by atoms with Gasteiger partial charge in [0, 0.05) is 53.7 Å². The van der Waals surface area contributed by atoms with E-state index < -0.39 is 17.6 Å². The predicted octanol–water partition coefficient (Wildman–Crippen LogP) is 5.28. The van der Waals surface area contributed by atoms with Gasteiger partial charge >= 0.3 is 0 Å². The molecule has 0 saturated heterocycles. The topological polar surface area (TPSA) is 61.4 Å². The Morgan fingerprint density at radius 1 is 1.09 bits per heavy atom. The average Bonchev–Trinajstić information content (AvgIpc) is 2.81. The van der Waals surface area contributed by atoms with Crippen LogP contribution in [0.5, 0.6) is 0 Å². The fourth-order valence-corrected chi connectivity index (χ4v) is 4.84. The molecule has 1 aliphatic carbocycles. The molecule has 1 atom stereocenters. The van der Waals surface area contributed by atoms with Crippen LogP contribution in [0.2, 0.25) is 0 Å². The van der Waals surface area contributed by atoms with Crippen LogP contribution in [-0.2, 0) is 9.59 Å². The number of halogens is 1. The highest BCUT2D eigenvalue weighted by atomic mass is 19.1. The third kappa shape index (κ3) is 4.42. The number of carbonyl (C=O) groups is 2. The maximum atomic E-state index is 14.2. The first kappa shape index (κ1) is 22.8. The normalized spacial score (nSPS) is 18.1. The number of rotatable bonds is 6. The van der Waals surface area contributed by atoms with Gasteiger partial charge in [0.05, 0.1) is 5.69 Å². The molecular formula is C27H30FN3O2. The van der Waals surface area contributed by atoms with Gasteiger partial charge in [-0.1, -0.05) is 24.3 Å². The van der Waals surface area contributed by atoms with Crippen LogP contribution in [0, 0.1) is 5.82 Å². The van der Waals surface area contributed by atoms with Gasteiger partial charge in [0.2, 0.25) is 0 Å². The van der Waals surface area contributed by atoms with Crippen LogP contribution in [0.15, 0.2) is 71.1 Å². The molecule has 2 N–H and O–H groups in total. The lowest BCUT2D eigenvalue weighted by Crippen LogP contribution is -2.35. The van der Waals surface area contributed by atoms with E-state index in [-0.39, 0.29) is 11.5 Å². The largest absolute Gasteiger partial charge is 0.372 e. The first-order valence-electron chi connectivity index (χ1n) is 11.6. The minimum absolute atomic E-state index is 0.0604. The van der Waals surface area contributed by atoms with E-state index >= 15 is 0 Å². The number of carbonyl (C=O) groups excluding carboxylic acids is 2. The summed E-state index contributed by atoms with van der Waals surface area (Å²) < 4.78 is 14.2. The second-order valence-corrected chi connectivity index (χ2v) is 8.46. The molecule has 2 aliphatic rings. The lowest BCUT2D eigenvalue weighted by Gasteiger charge is -2.34. The van der Waals surface area contributed by atoms with Crippen molar-refractivity contribution < 1.29 is 14.0 Å². The van der Waals surface area contributed by atoms with Crippen LogP contribution in [0.1, 0.15) is 51.5 Å². The number of dihydropyridines is 1. The quantitative estimate of drug-likeness (QED) is 0.633. The van der Waals surface area contributed by atoms with Crippen molar-refractivity contribution in [3.05, 3.63) is 82.5 Å². The molecular weight excluding hydrogens is 417 g/mol. The molecule has 1 amide bonds. The standard InChI is InChI=1S/C27H30FN3O2/c1-4-31(5-2)19-15-13-18(14-16-19)25-24(27(33)30-21-10-7-6-9-20(21)28)17(3)29-22-11-8-12-23(32)26(22)25/h6-7,9-10,13-16,25,29H,4-5,8,11-12H2,1-3H3,(H,30,33)/t25-/m0/s1. The second-order valence-electron chi connectivity index (χ2n) is 8.46. The van der Waals surface area contributed by atoms with Crippen molar-refractivity contribution >= 4 is 23.1 Å². The Balaban J connectivity index is 1.77. The first-order chi connectivity index (χ1) is 15.9. The van der Waals surface area contributed by atoms with Crippen LogP contribution in [0.3, 0.4) is 0 Å². The van der Waals surface area contributed by atoms with Crippen LogP contribution in [0.25, 0.3) is 0 Å². The van der Waals surface area contributed by atoms with E-state index in [0.29, 0.717) is 23.3 Å². The summed E-state index contributed by atoms with van der Waals surface area (Å²) in [4.78, 5) is 28.7. The summed E-state index contributed by atoms with van der Waals surface area (Å²) in [6.07, 6.45) is 2.03. The van der Waals surface area contributed by atoms with Gasteiger partial charge < -0.3 is 15.5 Å². The molecule has 2 aromatic rings. The molecule has 0 unspecified atom stereocenters. The Kier molecular flexibility index (Phi) is 6.63. The molecule has 172 valence electrons. The van der Waals surface area contributed by atoms with Gasteiger partial charge in [-0.2, -0.15) is 0 Å². The number of para-hydroxylation sites is 1. The Morgan fingerprint density at radius 3 is 2.45 bits per heavy atom. The lowest BCUT2D eigenvalue weighted by atomic mass is 9.75. The molecule has 1 aliphatic heterocycles. The summed E-state index contributed by atoms with van der Waals surface area (Å²) >= 11 is 0. The van der Waals surface area contributed by atoms with E-state index in [2.05, 4.69) is 29.4 Å². The number of ketones is 1. The Labute approximate surface area is 194 Å². The third-order valence-corrected chi connectivity index (χ3v) is 6.50. The van der Waals surface area contributed by atoms with Gasteiger partial charge in [-0.3, -0.25) is 9.59 Å². The maximum absolute atomic E-state index is 14.2. The van der Waals surface area contributed by atoms with Crippen LogP contribution in [-0.4, -0.2) is 24.8 Å². The number of hydrogen-bond donors (Lipinski definition) is 2. The van der Waals surface area contributed by atoms with Crippen molar-refractivity contribution in [2.75, 3.05) is 23.3 Å². The highest BCUT2D eigenvalue weighted by molar-refractivity contribution is 6.09. The van der Waals surface area contributed by atoms with Gasteiger partial charge in [0.25, 0.3) is 5.91 Å².